The second-order valence-electron chi connectivity index (χ2n) is 9.69. The number of rotatable bonds is 9. The van der Waals surface area contributed by atoms with Crippen molar-refractivity contribution >= 4 is 40.1 Å². The summed E-state index contributed by atoms with van der Waals surface area (Å²) < 4.78 is 0. The van der Waals surface area contributed by atoms with Crippen molar-refractivity contribution in [2.45, 2.75) is 37.8 Å². The summed E-state index contributed by atoms with van der Waals surface area (Å²) in [4.78, 5) is 32.5. The van der Waals surface area contributed by atoms with Crippen molar-refractivity contribution < 1.29 is 9.59 Å². The van der Waals surface area contributed by atoms with Crippen LogP contribution >= 0.6 is 11.6 Å². The second-order valence-corrected chi connectivity index (χ2v) is 10.1. The van der Waals surface area contributed by atoms with Crippen LogP contribution in [0.5, 0.6) is 0 Å². The van der Waals surface area contributed by atoms with E-state index in [2.05, 4.69) is 34.7 Å². The molecule has 0 spiro atoms. The molecule has 6 N–H and O–H groups in total. The molecule has 0 saturated carbocycles. The van der Waals surface area contributed by atoms with E-state index in [1.165, 1.54) is 5.56 Å². The largest absolute Gasteiger partial charge is 0.370 e. The van der Waals surface area contributed by atoms with Gasteiger partial charge in [0.15, 0.2) is 5.96 Å². The standard InChI is InChI=1S/C29H35ClN6O2/c1-2-19(20-6-4-3-5-7-20)18-36-13-12-25(35-26(28(36)38)17-34-29(31)32)16-33-27(37)23-9-8-22-15-24(30)11-10-21(22)14-23/h3-11,14-15,19,25-26,35H,2,12-13,16-18H2,1H3,(H,33,37)(H4,31,32,34)/t19-,25-,26-/m1/s1. The zero-order valence-corrected chi connectivity index (χ0v) is 22.3. The summed E-state index contributed by atoms with van der Waals surface area (Å²) in [5.41, 5.74) is 12.9. The van der Waals surface area contributed by atoms with Crippen LogP contribution in [-0.4, -0.2) is 60.9 Å². The molecule has 3 atom stereocenters. The minimum Gasteiger partial charge on any atom is -0.370 e. The molecule has 0 aliphatic carbocycles. The van der Waals surface area contributed by atoms with Crippen molar-refractivity contribution in [1.82, 2.24) is 15.5 Å². The van der Waals surface area contributed by atoms with Crippen LogP contribution in [0.3, 0.4) is 0 Å². The minimum absolute atomic E-state index is 0.0357. The first-order valence-electron chi connectivity index (χ1n) is 13.0. The van der Waals surface area contributed by atoms with Crippen LogP contribution in [0.15, 0.2) is 71.7 Å². The third-order valence-corrected chi connectivity index (χ3v) is 7.26. The number of amides is 2. The minimum atomic E-state index is -0.583. The van der Waals surface area contributed by atoms with E-state index in [9.17, 15) is 9.59 Å². The summed E-state index contributed by atoms with van der Waals surface area (Å²) in [6.45, 7) is 3.82. The highest BCUT2D eigenvalue weighted by atomic mass is 35.5. The Morgan fingerprint density at radius 2 is 1.87 bits per heavy atom. The summed E-state index contributed by atoms with van der Waals surface area (Å²) in [5.74, 6) is -0.0464. The Balaban J connectivity index is 1.44. The number of nitrogens with two attached hydrogens (primary N) is 2. The normalized spacial score (nSPS) is 18.6. The Morgan fingerprint density at radius 1 is 1.13 bits per heavy atom. The maximum atomic E-state index is 13.5. The van der Waals surface area contributed by atoms with Gasteiger partial charge < -0.3 is 21.7 Å². The van der Waals surface area contributed by atoms with E-state index < -0.39 is 6.04 Å². The number of guanidine groups is 1. The van der Waals surface area contributed by atoms with E-state index in [-0.39, 0.29) is 36.3 Å². The molecule has 200 valence electrons. The van der Waals surface area contributed by atoms with Gasteiger partial charge in [-0.1, -0.05) is 61.0 Å². The first-order chi connectivity index (χ1) is 18.3. The van der Waals surface area contributed by atoms with Crippen LogP contribution in [0.1, 0.15) is 41.6 Å². The molecule has 1 heterocycles. The van der Waals surface area contributed by atoms with E-state index in [1.807, 2.05) is 47.4 Å². The Morgan fingerprint density at radius 3 is 2.61 bits per heavy atom. The lowest BCUT2D eigenvalue weighted by Crippen LogP contribution is -2.51. The number of fused-ring (bicyclic) bond motifs is 1. The van der Waals surface area contributed by atoms with Crippen LogP contribution in [0.2, 0.25) is 5.02 Å². The first-order valence-corrected chi connectivity index (χ1v) is 13.3. The smallest absolute Gasteiger partial charge is 0.251 e. The third-order valence-electron chi connectivity index (χ3n) is 7.03. The van der Waals surface area contributed by atoms with Gasteiger partial charge in [0, 0.05) is 42.2 Å². The summed E-state index contributed by atoms with van der Waals surface area (Å²) in [7, 11) is 0. The summed E-state index contributed by atoms with van der Waals surface area (Å²) in [6.07, 6.45) is 1.60. The van der Waals surface area contributed by atoms with Gasteiger partial charge in [-0.15, -0.1) is 0 Å². The SMILES string of the molecule is CC[C@H](CN1CC[C@H](CNC(=O)c2ccc3cc(Cl)ccc3c2)N[C@H](CN=C(N)N)C1=O)c1ccccc1. The highest BCUT2D eigenvalue weighted by Gasteiger charge is 2.32. The topological polar surface area (TPSA) is 126 Å². The molecule has 2 amide bonds. The van der Waals surface area contributed by atoms with Crippen molar-refractivity contribution in [2.24, 2.45) is 16.5 Å². The Hall–Kier alpha value is -3.62. The van der Waals surface area contributed by atoms with Crippen molar-refractivity contribution in [2.75, 3.05) is 26.2 Å². The van der Waals surface area contributed by atoms with E-state index in [4.69, 9.17) is 23.1 Å². The summed E-state index contributed by atoms with van der Waals surface area (Å²) >= 11 is 6.07. The average Bonchev–Trinajstić information content (AvgIpc) is 3.07. The molecule has 38 heavy (non-hydrogen) atoms. The number of carbonyl (C=O) groups excluding carboxylic acids is 2. The van der Waals surface area contributed by atoms with Gasteiger partial charge in [-0.3, -0.25) is 19.9 Å². The highest BCUT2D eigenvalue weighted by Crippen LogP contribution is 2.23. The zero-order chi connectivity index (χ0) is 27.1. The lowest BCUT2D eigenvalue weighted by atomic mass is 9.95. The number of hydrogen-bond donors (Lipinski definition) is 4. The van der Waals surface area contributed by atoms with Crippen LogP contribution in [0.4, 0.5) is 0 Å². The molecule has 0 unspecified atom stereocenters. The van der Waals surface area contributed by atoms with Crippen LogP contribution in [-0.2, 0) is 4.79 Å². The Labute approximate surface area is 228 Å². The van der Waals surface area contributed by atoms with Gasteiger partial charge in [0.1, 0.15) is 6.04 Å². The van der Waals surface area contributed by atoms with Crippen molar-refractivity contribution in [3.63, 3.8) is 0 Å². The fourth-order valence-electron chi connectivity index (χ4n) is 4.89. The van der Waals surface area contributed by atoms with Crippen molar-refractivity contribution in [1.29, 1.82) is 0 Å². The molecule has 9 heteroatoms. The fourth-order valence-corrected chi connectivity index (χ4v) is 5.07. The molecular weight excluding hydrogens is 500 g/mol. The van der Waals surface area contributed by atoms with Crippen molar-refractivity contribution in [3.05, 3.63) is 82.9 Å². The number of hydrogen-bond acceptors (Lipinski definition) is 4. The van der Waals surface area contributed by atoms with Crippen LogP contribution in [0, 0.1) is 0 Å². The molecule has 0 radical (unpaired) electrons. The lowest BCUT2D eigenvalue weighted by Gasteiger charge is -2.28. The van der Waals surface area contributed by atoms with Gasteiger partial charge in [-0.05, 0) is 53.4 Å². The van der Waals surface area contributed by atoms with Crippen LogP contribution < -0.4 is 22.1 Å². The lowest BCUT2D eigenvalue weighted by molar-refractivity contribution is -0.132. The number of aliphatic imine (C=N–C) groups is 1. The molecule has 1 aliphatic rings. The number of halogens is 1. The number of carbonyl (C=O) groups is 2. The number of benzene rings is 3. The molecule has 0 bridgehead atoms. The number of nitrogens with one attached hydrogen (secondary N) is 2. The van der Waals surface area contributed by atoms with Gasteiger partial charge >= 0.3 is 0 Å². The molecule has 1 saturated heterocycles. The van der Waals surface area contributed by atoms with Gasteiger partial charge in [0.05, 0.1) is 6.54 Å². The van der Waals surface area contributed by atoms with Crippen LogP contribution in [0.25, 0.3) is 10.8 Å². The molecule has 1 fully saturated rings. The van der Waals surface area contributed by atoms with E-state index in [1.54, 1.807) is 12.1 Å². The molecule has 3 aromatic carbocycles. The fraction of sp³-hybridized carbons (Fsp3) is 0.345. The van der Waals surface area contributed by atoms with Gasteiger partial charge in [-0.25, -0.2) is 0 Å². The second kappa shape index (κ2) is 12.8. The Kier molecular flexibility index (Phi) is 9.20. The van der Waals surface area contributed by atoms with Crippen molar-refractivity contribution in [3.8, 4) is 0 Å². The first kappa shape index (κ1) is 27.4. The maximum Gasteiger partial charge on any atom is 0.251 e. The maximum absolute atomic E-state index is 13.5. The van der Waals surface area contributed by atoms with Gasteiger partial charge in [0.25, 0.3) is 5.91 Å². The third kappa shape index (κ3) is 7.02. The van der Waals surface area contributed by atoms with E-state index >= 15 is 0 Å². The zero-order valence-electron chi connectivity index (χ0n) is 21.6. The average molecular weight is 535 g/mol. The van der Waals surface area contributed by atoms with Gasteiger partial charge in [0.2, 0.25) is 5.91 Å². The molecule has 4 rings (SSSR count). The summed E-state index contributed by atoms with van der Waals surface area (Å²) in [6, 6.07) is 20.6. The predicted molar refractivity (Wildman–Crippen MR) is 153 cm³/mol. The van der Waals surface area contributed by atoms with Gasteiger partial charge in [-0.2, -0.15) is 0 Å². The molecule has 0 aromatic heterocycles. The van der Waals surface area contributed by atoms with E-state index in [0.717, 1.165) is 17.2 Å². The monoisotopic (exact) mass is 534 g/mol. The number of nitrogens with zero attached hydrogens (tertiary/aromatic N) is 2. The summed E-state index contributed by atoms with van der Waals surface area (Å²) in [5, 5.41) is 8.98. The highest BCUT2D eigenvalue weighted by molar-refractivity contribution is 6.31. The molecular formula is C29H35ClN6O2. The van der Waals surface area contributed by atoms with E-state index in [0.29, 0.717) is 36.6 Å². The molecule has 8 nitrogen and oxygen atoms in total. The quantitative estimate of drug-likeness (QED) is 0.248. The Bertz CT molecular complexity index is 1290. The molecule has 3 aromatic rings. The molecule has 1 aliphatic heterocycles. The predicted octanol–water partition coefficient (Wildman–Crippen LogP) is 3.25.